The molecule has 1 atom stereocenters. The summed E-state index contributed by atoms with van der Waals surface area (Å²) in [6.45, 7) is 0. The van der Waals surface area contributed by atoms with Gasteiger partial charge in [-0.25, -0.2) is 0 Å². The quantitative estimate of drug-likeness (QED) is 0.681. The minimum Gasteiger partial charge on any atom is -0.388 e. The van der Waals surface area contributed by atoms with Crippen molar-refractivity contribution in [3.05, 3.63) is 29.3 Å². The first-order valence-corrected chi connectivity index (χ1v) is 5.55. The molecule has 1 amide bonds. The van der Waals surface area contributed by atoms with E-state index in [1.807, 2.05) is 18.2 Å². The van der Waals surface area contributed by atoms with Gasteiger partial charge in [0, 0.05) is 5.69 Å². The molecule has 1 aliphatic rings. The molecule has 0 radical (unpaired) electrons. The Morgan fingerprint density at radius 1 is 1.53 bits per heavy atom. The minimum atomic E-state index is -0.483. The number of thiol groups is 1. The van der Waals surface area contributed by atoms with Crippen molar-refractivity contribution in [1.82, 2.24) is 0 Å². The number of aliphatic hydroxyl groups excluding tert-OH is 1. The Kier molecular flexibility index (Phi) is 2.98. The van der Waals surface area contributed by atoms with Crippen LogP contribution in [0.15, 0.2) is 18.2 Å². The van der Waals surface area contributed by atoms with Gasteiger partial charge in [-0.3, -0.25) is 4.79 Å². The number of fused-ring (bicyclic) bond motifs is 1. The van der Waals surface area contributed by atoms with Gasteiger partial charge in [0.15, 0.2) is 0 Å². The van der Waals surface area contributed by atoms with Crippen LogP contribution in [0.1, 0.15) is 23.7 Å². The van der Waals surface area contributed by atoms with E-state index in [-0.39, 0.29) is 5.91 Å². The molecule has 0 saturated heterocycles. The Labute approximate surface area is 93.9 Å². The van der Waals surface area contributed by atoms with Crippen LogP contribution in [0.2, 0.25) is 0 Å². The summed E-state index contributed by atoms with van der Waals surface area (Å²) in [7, 11) is 0. The summed E-state index contributed by atoms with van der Waals surface area (Å²) < 4.78 is 0. The van der Waals surface area contributed by atoms with Gasteiger partial charge in [0.25, 0.3) is 0 Å². The molecule has 0 fully saturated rings. The molecule has 2 rings (SSSR count). The molecule has 1 aromatic rings. The zero-order chi connectivity index (χ0) is 10.8. The van der Waals surface area contributed by atoms with Crippen LogP contribution in [-0.2, 0) is 11.2 Å². The largest absolute Gasteiger partial charge is 0.388 e. The van der Waals surface area contributed by atoms with E-state index < -0.39 is 6.10 Å². The summed E-state index contributed by atoms with van der Waals surface area (Å²) in [5.41, 5.74) is 2.69. The lowest BCUT2D eigenvalue weighted by Gasteiger charge is -2.10. The lowest BCUT2D eigenvalue weighted by atomic mass is 10.0. The van der Waals surface area contributed by atoms with Gasteiger partial charge in [-0.05, 0) is 29.4 Å². The van der Waals surface area contributed by atoms with Gasteiger partial charge in [-0.1, -0.05) is 12.1 Å². The van der Waals surface area contributed by atoms with Crippen molar-refractivity contribution in [2.24, 2.45) is 0 Å². The summed E-state index contributed by atoms with van der Waals surface area (Å²) in [5, 5.41) is 12.5. The average molecular weight is 223 g/mol. The van der Waals surface area contributed by atoms with Crippen molar-refractivity contribution in [2.75, 3.05) is 11.1 Å². The van der Waals surface area contributed by atoms with Crippen LogP contribution in [-0.4, -0.2) is 16.8 Å². The van der Waals surface area contributed by atoms with Crippen molar-refractivity contribution in [2.45, 2.75) is 18.9 Å². The fourth-order valence-corrected chi connectivity index (χ4v) is 1.99. The van der Waals surface area contributed by atoms with E-state index >= 15 is 0 Å². The van der Waals surface area contributed by atoms with Crippen molar-refractivity contribution in [3.8, 4) is 0 Å². The first-order chi connectivity index (χ1) is 7.20. The maximum atomic E-state index is 11.1. The first kappa shape index (κ1) is 10.5. The van der Waals surface area contributed by atoms with Gasteiger partial charge in [-0.2, -0.15) is 12.6 Å². The third-order valence-electron chi connectivity index (χ3n) is 2.54. The van der Waals surface area contributed by atoms with Crippen LogP contribution in [0, 0.1) is 0 Å². The van der Waals surface area contributed by atoms with Gasteiger partial charge in [0.05, 0.1) is 12.5 Å². The Bertz CT molecular complexity index is 392. The first-order valence-electron chi connectivity index (χ1n) is 4.92. The Morgan fingerprint density at radius 2 is 2.33 bits per heavy atom. The standard InChI is InChI=1S/C11H13NO2S/c13-10(3-4-15)7-1-2-9-8(5-7)6-11(14)12-9/h1-2,5,10,13,15H,3-4,6H2,(H,12,14). The summed E-state index contributed by atoms with van der Waals surface area (Å²) in [6.07, 6.45) is 0.559. The minimum absolute atomic E-state index is 0.0193. The molecule has 2 N–H and O–H groups in total. The van der Waals surface area contributed by atoms with Crippen molar-refractivity contribution < 1.29 is 9.90 Å². The molecular formula is C11H13NO2S. The second-order valence-electron chi connectivity index (χ2n) is 3.67. The van der Waals surface area contributed by atoms with E-state index in [0.29, 0.717) is 18.6 Å². The highest BCUT2D eigenvalue weighted by Crippen LogP contribution is 2.27. The molecule has 1 aliphatic heterocycles. The second-order valence-corrected chi connectivity index (χ2v) is 4.12. The molecule has 3 nitrogen and oxygen atoms in total. The molecule has 1 heterocycles. The molecule has 0 bridgehead atoms. The van der Waals surface area contributed by atoms with Gasteiger partial charge in [0.2, 0.25) is 5.91 Å². The lowest BCUT2D eigenvalue weighted by Crippen LogP contribution is -2.03. The van der Waals surface area contributed by atoms with Crippen LogP contribution in [0.5, 0.6) is 0 Å². The zero-order valence-corrected chi connectivity index (χ0v) is 9.13. The number of nitrogens with one attached hydrogen (secondary N) is 1. The van der Waals surface area contributed by atoms with Crippen molar-refractivity contribution >= 4 is 24.2 Å². The van der Waals surface area contributed by atoms with Gasteiger partial charge in [0.1, 0.15) is 0 Å². The number of hydrogen-bond donors (Lipinski definition) is 3. The van der Waals surface area contributed by atoms with E-state index in [4.69, 9.17) is 0 Å². The third-order valence-corrected chi connectivity index (χ3v) is 2.80. The monoisotopic (exact) mass is 223 g/mol. The second kappa shape index (κ2) is 4.24. The summed E-state index contributed by atoms with van der Waals surface area (Å²) in [4.78, 5) is 11.1. The molecule has 0 aromatic heterocycles. The number of hydrogen-bond acceptors (Lipinski definition) is 3. The number of benzene rings is 1. The Hall–Kier alpha value is -1.00. The zero-order valence-electron chi connectivity index (χ0n) is 8.23. The average Bonchev–Trinajstić information content (AvgIpc) is 2.57. The van der Waals surface area contributed by atoms with Crippen LogP contribution >= 0.6 is 12.6 Å². The molecule has 1 unspecified atom stereocenters. The number of aliphatic hydroxyl groups is 1. The number of anilines is 1. The van der Waals surface area contributed by atoms with E-state index in [0.717, 1.165) is 16.8 Å². The molecule has 0 spiro atoms. The Morgan fingerprint density at radius 3 is 3.07 bits per heavy atom. The van der Waals surface area contributed by atoms with E-state index in [1.165, 1.54) is 0 Å². The van der Waals surface area contributed by atoms with Crippen LogP contribution in [0.4, 0.5) is 5.69 Å². The normalized spacial score (nSPS) is 16.0. The molecule has 80 valence electrons. The highest BCUT2D eigenvalue weighted by Gasteiger charge is 2.18. The number of amides is 1. The SMILES string of the molecule is O=C1Cc2cc(C(O)CCS)ccc2N1. The molecular weight excluding hydrogens is 210 g/mol. The smallest absolute Gasteiger partial charge is 0.228 e. The maximum Gasteiger partial charge on any atom is 0.228 e. The van der Waals surface area contributed by atoms with Crippen molar-refractivity contribution in [1.29, 1.82) is 0 Å². The maximum absolute atomic E-state index is 11.1. The van der Waals surface area contributed by atoms with Gasteiger partial charge in [-0.15, -0.1) is 0 Å². The summed E-state index contributed by atoms with van der Waals surface area (Å²) >= 11 is 4.08. The number of carbonyl (C=O) groups is 1. The van der Waals surface area contributed by atoms with Gasteiger partial charge < -0.3 is 10.4 Å². The van der Waals surface area contributed by atoms with Crippen LogP contribution in [0.25, 0.3) is 0 Å². The molecule has 0 aliphatic carbocycles. The molecule has 4 heteroatoms. The lowest BCUT2D eigenvalue weighted by molar-refractivity contribution is -0.115. The predicted molar refractivity (Wildman–Crippen MR) is 62.2 cm³/mol. The van der Waals surface area contributed by atoms with E-state index in [9.17, 15) is 9.90 Å². The fraction of sp³-hybridized carbons (Fsp3) is 0.364. The molecule has 1 aromatic carbocycles. The van der Waals surface area contributed by atoms with Crippen molar-refractivity contribution in [3.63, 3.8) is 0 Å². The van der Waals surface area contributed by atoms with Crippen LogP contribution < -0.4 is 5.32 Å². The van der Waals surface area contributed by atoms with Crippen LogP contribution in [0.3, 0.4) is 0 Å². The highest BCUT2D eigenvalue weighted by molar-refractivity contribution is 7.80. The summed E-state index contributed by atoms with van der Waals surface area (Å²) in [5.74, 6) is 0.668. The predicted octanol–water partition coefficient (Wildman–Crippen LogP) is 1.53. The molecule has 0 saturated carbocycles. The summed E-state index contributed by atoms with van der Waals surface area (Å²) in [6, 6.07) is 5.58. The fourth-order valence-electron chi connectivity index (χ4n) is 1.75. The molecule has 15 heavy (non-hydrogen) atoms. The number of rotatable bonds is 3. The Balaban J connectivity index is 2.23. The topological polar surface area (TPSA) is 49.3 Å². The van der Waals surface area contributed by atoms with E-state index in [2.05, 4.69) is 17.9 Å². The van der Waals surface area contributed by atoms with Gasteiger partial charge >= 0.3 is 0 Å². The highest BCUT2D eigenvalue weighted by atomic mass is 32.1. The third kappa shape index (κ3) is 2.16. The van der Waals surface area contributed by atoms with E-state index in [1.54, 1.807) is 0 Å². The number of carbonyl (C=O) groups excluding carboxylic acids is 1.